The van der Waals surface area contributed by atoms with Crippen LogP contribution in [0.2, 0.25) is 0 Å². The van der Waals surface area contributed by atoms with Crippen LogP contribution in [0.15, 0.2) is 42.9 Å². The second-order valence-corrected chi connectivity index (χ2v) is 9.05. The second-order valence-electron chi connectivity index (χ2n) is 8.06. The van der Waals surface area contributed by atoms with Crippen LogP contribution in [0.3, 0.4) is 0 Å². The van der Waals surface area contributed by atoms with Gasteiger partial charge in [-0.25, -0.2) is 9.78 Å². The summed E-state index contributed by atoms with van der Waals surface area (Å²) in [5.74, 6) is -2.77. The number of carbonyl (C=O) groups excluding carboxylic acids is 3. The lowest BCUT2D eigenvalue weighted by Gasteiger charge is -2.24. The largest absolute Gasteiger partial charge is 0.480 e. The highest BCUT2D eigenvalue weighted by molar-refractivity contribution is 7.98. The number of nitrogens with one attached hydrogen (secondary N) is 4. The van der Waals surface area contributed by atoms with E-state index in [9.17, 15) is 29.4 Å². The van der Waals surface area contributed by atoms with Crippen molar-refractivity contribution in [2.45, 2.75) is 43.4 Å². The molecule has 3 amide bonds. The first kappa shape index (κ1) is 28.8. The number of hydrogen-bond acceptors (Lipinski definition) is 8. The molecule has 8 N–H and O–H groups in total. The van der Waals surface area contributed by atoms with Crippen molar-refractivity contribution >= 4 is 35.5 Å². The summed E-state index contributed by atoms with van der Waals surface area (Å²) in [5.41, 5.74) is 7.15. The van der Waals surface area contributed by atoms with Crippen molar-refractivity contribution in [2.24, 2.45) is 5.73 Å². The summed E-state index contributed by atoms with van der Waals surface area (Å²) in [5, 5.41) is 26.6. The Bertz CT molecular complexity index is 990. The maximum absolute atomic E-state index is 13.0. The molecule has 12 nitrogen and oxygen atoms in total. The highest BCUT2D eigenvalue weighted by Gasteiger charge is 2.30. The number of aromatic amines is 1. The summed E-state index contributed by atoms with van der Waals surface area (Å²) in [6.07, 6.45) is 5.23. The van der Waals surface area contributed by atoms with Gasteiger partial charge in [-0.15, -0.1) is 0 Å². The quantitative estimate of drug-likeness (QED) is 0.151. The van der Waals surface area contributed by atoms with Crippen LogP contribution in [0, 0.1) is 0 Å². The van der Waals surface area contributed by atoms with Gasteiger partial charge >= 0.3 is 5.97 Å². The normalized spacial score (nSPS) is 14.2. The third-order valence-corrected chi connectivity index (χ3v) is 5.94. The maximum atomic E-state index is 13.0. The summed E-state index contributed by atoms with van der Waals surface area (Å²) in [6, 6.07) is 4.04. The van der Waals surface area contributed by atoms with Crippen LogP contribution in [0.5, 0.6) is 0 Å². The lowest BCUT2D eigenvalue weighted by Crippen LogP contribution is -2.58. The third-order valence-electron chi connectivity index (χ3n) is 5.29. The average molecular weight is 521 g/mol. The fourth-order valence-electron chi connectivity index (χ4n) is 3.27. The van der Waals surface area contributed by atoms with E-state index < -0.39 is 54.5 Å². The standard InChI is InChI=1S/C23H32N6O6S/c1-36-8-7-16(24)20(31)27-17(10-15-11-25-13-26-15)21(32)29-19(12-30)22(33)28-18(23(34)35)9-14-5-3-2-4-6-14/h2-6,11,13,16-19,30H,7-10,12,24H2,1H3,(H,25,26)(H,27,31)(H,28,33)(H,29,32)(H,34,35). The van der Waals surface area contributed by atoms with E-state index >= 15 is 0 Å². The number of thioether (sulfide) groups is 1. The predicted octanol–water partition coefficient (Wildman–Crippen LogP) is -1.19. The average Bonchev–Trinajstić information content (AvgIpc) is 3.38. The number of aliphatic carboxylic acids is 1. The number of aromatic nitrogens is 2. The number of nitrogens with zero attached hydrogens (tertiary/aromatic N) is 1. The maximum Gasteiger partial charge on any atom is 0.326 e. The molecule has 0 saturated heterocycles. The van der Waals surface area contributed by atoms with E-state index in [1.165, 1.54) is 24.3 Å². The van der Waals surface area contributed by atoms with E-state index in [1.54, 1.807) is 30.3 Å². The van der Waals surface area contributed by atoms with Crippen molar-refractivity contribution in [1.82, 2.24) is 25.9 Å². The number of aliphatic hydroxyl groups excluding tert-OH is 1. The molecule has 0 aliphatic carbocycles. The molecule has 1 heterocycles. The van der Waals surface area contributed by atoms with Crippen molar-refractivity contribution in [3.8, 4) is 0 Å². The van der Waals surface area contributed by atoms with Gasteiger partial charge in [-0.2, -0.15) is 11.8 Å². The number of nitrogens with two attached hydrogens (primary N) is 1. The molecule has 4 unspecified atom stereocenters. The molecule has 2 aromatic rings. The van der Waals surface area contributed by atoms with E-state index in [4.69, 9.17) is 5.73 Å². The molecular formula is C23H32N6O6S. The zero-order valence-corrected chi connectivity index (χ0v) is 20.7. The third kappa shape index (κ3) is 9.32. The number of carbonyl (C=O) groups is 4. The van der Waals surface area contributed by atoms with Crippen LogP contribution in [-0.2, 0) is 32.0 Å². The monoisotopic (exact) mass is 520 g/mol. The highest BCUT2D eigenvalue weighted by atomic mass is 32.2. The summed E-state index contributed by atoms with van der Waals surface area (Å²) < 4.78 is 0. The van der Waals surface area contributed by atoms with Crippen molar-refractivity contribution in [1.29, 1.82) is 0 Å². The zero-order valence-electron chi connectivity index (χ0n) is 19.8. The van der Waals surface area contributed by atoms with Gasteiger partial charge in [-0.05, 0) is 24.0 Å². The molecule has 0 aliphatic rings. The van der Waals surface area contributed by atoms with Gasteiger partial charge in [0.15, 0.2) is 0 Å². The van der Waals surface area contributed by atoms with Crippen LogP contribution < -0.4 is 21.7 Å². The molecule has 0 spiro atoms. The molecule has 196 valence electrons. The SMILES string of the molecule is CSCCC(N)C(=O)NC(Cc1cnc[nH]1)C(=O)NC(CO)C(=O)NC(Cc1ccccc1)C(=O)O. The Balaban J connectivity index is 2.08. The van der Waals surface area contributed by atoms with Gasteiger partial charge < -0.3 is 36.9 Å². The number of aliphatic hydroxyl groups is 1. The minimum Gasteiger partial charge on any atom is -0.480 e. The van der Waals surface area contributed by atoms with Gasteiger partial charge in [-0.1, -0.05) is 30.3 Å². The molecule has 0 aliphatic heterocycles. The van der Waals surface area contributed by atoms with Crippen molar-refractivity contribution in [3.05, 3.63) is 54.1 Å². The van der Waals surface area contributed by atoms with Gasteiger partial charge in [0.1, 0.15) is 18.1 Å². The van der Waals surface area contributed by atoms with Crippen LogP contribution in [-0.4, -0.2) is 86.7 Å². The topological polar surface area (TPSA) is 200 Å². The Morgan fingerprint density at radius 3 is 2.22 bits per heavy atom. The second kappa shape index (κ2) is 14.9. The number of amides is 3. The lowest BCUT2D eigenvalue weighted by atomic mass is 10.1. The first-order valence-electron chi connectivity index (χ1n) is 11.3. The van der Waals surface area contributed by atoms with Gasteiger partial charge in [0.2, 0.25) is 17.7 Å². The molecule has 2 rings (SSSR count). The highest BCUT2D eigenvalue weighted by Crippen LogP contribution is 2.05. The summed E-state index contributed by atoms with van der Waals surface area (Å²) >= 11 is 1.53. The van der Waals surface area contributed by atoms with E-state index in [1.807, 2.05) is 6.26 Å². The molecule has 1 aromatic heterocycles. The van der Waals surface area contributed by atoms with Crippen LogP contribution in [0.4, 0.5) is 0 Å². The fraction of sp³-hybridized carbons (Fsp3) is 0.435. The van der Waals surface area contributed by atoms with Crippen molar-refractivity contribution in [3.63, 3.8) is 0 Å². The molecule has 0 saturated carbocycles. The first-order chi connectivity index (χ1) is 17.2. The van der Waals surface area contributed by atoms with Crippen molar-refractivity contribution < 1.29 is 29.4 Å². The van der Waals surface area contributed by atoms with Gasteiger partial charge in [0.25, 0.3) is 0 Å². The number of imidazole rings is 1. The van der Waals surface area contributed by atoms with Gasteiger partial charge in [0.05, 0.1) is 19.0 Å². The lowest BCUT2D eigenvalue weighted by molar-refractivity contribution is -0.142. The first-order valence-corrected chi connectivity index (χ1v) is 12.6. The summed E-state index contributed by atoms with van der Waals surface area (Å²) in [6.45, 7) is -0.785. The smallest absolute Gasteiger partial charge is 0.326 e. The van der Waals surface area contributed by atoms with E-state index in [2.05, 4.69) is 25.9 Å². The number of benzene rings is 1. The Morgan fingerprint density at radius 2 is 1.64 bits per heavy atom. The van der Waals surface area contributed by atoms with E-state index in [0.717, 1.165) is 0 Å². The van der Waals surface area contributed by atoms with Crippen LogP contribution in [0.1, 0.15) is 17.7 Å². The number of rotatable bonds is 15. The Morgan fingerprint density at radius 1 is 1.00 bits per heavy atom. The summed E-state index contributed by atoms with van der Waals surface area (Å²) in [7, 11) is 0. The van der Waals surface area contributed by atoms with E-state index in [-0.39, 0.29) is 12.8 Å². The molecule has 4 atom stereocenters. The fourth-order valence-corrected chi connectivity index (χ4v) is 3.76. The Hall–Kier alpha value is -3.42. The van der Waals surface area contributed by atoms with Crippen LogP contribution >= 0.6 is 11.8 Å². The number of carboxylic acid groups (broad SMARTS) is 1. The summed E-state index contributed by atoms with van der Waals surface area (Å²) in [4.78, 5) is 56.7. The number of hydrogen-bond donors (Lipinski definition) is 7. The van der Waals surface area contributed by atoms with Crippen molar-refractivity contribution in [2.75, 3.05) is 18.6 Å². The van der Waals surface area contributed by atoms with E-state index in [0.29, 0.717) is 23.4 Å². The Kier molecular flexibility index (Phi) is 11.9. The molecule has 1 aromatic carbocycles. The number of H-pyrrole nitrogens is 1. The molecule has 0 radical (unpaired) electrons. The minimum absolute atomic E-state index is 0.0143. The molecule has 36 heavy (non-hydrogen) atoms. The number of carboxylic acids is 1. The molecule has 0 fully saturated rings. The van der Waals surface area contributed by atoms with Gasteiger partial charge in [-0.3, -0.25) is 14.4 Å². The Labute approximate surface area is 212 Å². The van der Waals surface area contributed by atoms with Crippen LogP contribution in [0.25, 0.3) is 0 Å². The predicted molar refractivity (Wildman–Crippen MR) is 134 cm³/mol. The minimum atomic E-state index is -1.44. The molecule has 13 heteroatoms. The molecule has 0 bridgehead atoms. The zero-order chi connectivity index (χ0) is 26.5. The van der Waals surface area contributed by atoms with Gasteiger partial charge in [0, 0.05) is 24.7 Å². The molecular weight excluding hydrogens is 488 g/mol.